The van der Waals surface area contributed by atoms with E-state index in [-0.39, 0.29) is 11.5 Å². The molecule has 10 heteroatoms. The summed E-state index contributed by atoms with van der Waals surface area (Å²) in [5.41, 5.74) is 1.35. The van der Waals surface area contributed by atoms with Crippen molar-refractivity contribution in [3.63, 3.8) is 0 Å². The van der Waals surface area contributed by atoms with Gasteiger partial charge in [0.05, 0.1) is 14.9 Å². The van der Waals surface area contributed by atoms with E-state index in [0.29, 0.717) is 37.8 Å². The molecule has 130 valence electrons. The van der Waals surface area contributed by atoms with Crippen LogP contribution in [0.25, 0.3) is 0 Å². The minimum absolute atomic E-state index is 0.0920. The lowest BCUT2D eigenvalue weighted by atomic mass is 10.1. The van der Waals surface area contributed by atoms with Gasteiger partial charge < -0.3 is 0 Å². The van der Waals surface area contributed by atoms with Crippen molar-refractivity contribution in [2.24, 2.45) is 0 Å². The first-order chi connectivity index (χ1) is 11.9. The van der Waals surface area contributed by atoms with Gasteiger partial charge in [0.2, 0.25) is 0 Å². The van der Waals surface area contributed by atoms with E-state index in [1.165, 1.54) is 11.8 Å². The molecule has 0 bridgehead atoms. The van der Waals surface area contributed by atoms with E-state index in [0.717, 1.165) is 5.56 Å². The Morgan fingerprint density at radius 2 is 1.88 bits per heavy atom. The van der Waals surface area contributed by atoms with Crippen molar-refractivity contribution < 1.29 is 0 Å². The number of halogens is 2. The van der Waals surface area contributed by atoms with Gasteiger partial charge in [0, 0.05) is 12.0 Å². The molecule has 0 aliphatic heterocycles. The summed E-state index contributed by atoms with van der Waals surface area (Å²) in [5.74, 6) is 0.644. The van der Waals surface area contributed by atoms with E-state index in [4.69, 9.17) is 23.2 Å². The van der Waals surface area contributed by atoms with Crippen molar-refractivity contribution in [3.05, 3.63) is 55.5 Å². The number of nitrogens with zero attached hydrogens (tertiary/aromatic N) is 4. The highest BCUT2D eigenvalue weighted by molar-refractivity contribution is 7.99. The number of benzene rings is 1. The fraction of sp³-hybridized carbons (Fsp3) is 0.267. The maximum Gasteiger partial charge on any atom is 0.267 e. The highest BCUT2D eigenvalue weighted by Crippen LogP contribution is 2.39. The van der Waals surface area contributed by atoms with E-state index in [1.807, 2.05) is 13.8 Å². The Morgan fingerprint density at radius 1 is 1.16 bits per heavy atom. The zero-order chi connectivity index (χ0) is 18.0. The van der Waals surface area contributed by atoms with Crippen LogP contribution in [0.1, 0.15) is 36.7 Å². The number of aromatic nitrogens is 6. The quantitative estimate of drug-likeness (QED) is 0.684. The van der Waals surface area contributed by atoms with Gasteiger partial charge in [-0.2, -0.15) is 10.3 Å². The van der Waals surface area contributed by atoms with Crippen LogP contribution < -0.4 is 5.56 Å². The maximum atomic E-state index is 11.8. The first-order valence-electron chi connectivity index (χ1n) is 7.41. The zero-order valence-electron chi connectivity index (χ0n) is 13.4. The highest BCUT2D eigenvalue weighted by atomic mass is 35.5. The summed E-state index contributed by atoms with van der Waals surface area (Å²) < 4.78 is 0. The third kappa shape index (κ3) is 4.20. The Kier molecular flexibility index (Phi) is 5.41. The van der Waals surface area contributed by atoms with E-state index in [1.54, 1.807) is 18.2 Å². The molecule has 2 aromatic heterocycles. The fourth-order valence-corrected chi connectivity index (χ4v) is 3.80. The monoisotopic (exact) mass is 396 g/mol. The van der Waals surface area contributed by atoms with Crippen LogP contribution in [0.3, 0.4) is 0 Å². The Morgan fingerprint density at radius 3 is 2.48 bits per heavy atom. The molecule has 1 aromatic carbocycles. The molecule has 0 saturated heterocycles. The lowest BCUT2D eigenvalue weighted by molar-refractivity contribution is 0.791. The molecule has 0 radical (unpaired) electrons. The second-order valence-corrected chi connectivity index (χ2v) is 7.49. The van der Waals surface area contributed by atoms with E-state index in [2.05, 4.69) is 30.8 Å². The van der Waals surface area contributed by atoms with Crippen LogP contribution in [0, 0.1) is 0 Å². The Labute approximate surface area is 157 Å². The zero-order valence-corrected chi connectivity index (χ0v) is 15.7. The first kappa shape index (κ1) is 17.9. The lowest BCUT2D eigenvalue weighted by Gasteiger charge is -2.10. The highest BCUT2D eigenvalue weighted by Gasteiger charge is 2.14. The smallest absolute Gasteiger partial charge is 0.267 e. The van der Waals surface area contributed by atoms with Crippen LogP contribution in [0.15, 0.2) is 32.9 Å². The summed E-state index contributed by atoms with van der Waals surface area (Å²) >= 11 is 14.1. The average Bonchev–Trinajstić information content (AvgIpc) is 3.05. The van der Waals surface area contributed by atoms with Crippen molar-refractivity contribution in [3.8, 4) is 0 Å². The molecule has 7 nitrogen and oxygen atoms in total. The van der Waals surface area contributed by atoms with Crippen molar-refractivity contribution in [1.29, 1.82) is 0 Å². The maximum absolute atomic E-state index is 11.8. The molecule has 0 atom stereocenters. The SMILES string of the molecule is CC(C)c1cc(Sc2c(Cl)cc(Cc3nn[nH]n3)cc2Cl)n[nH]c1=O. The van der Waals surface area contributed by atoms with Crippen LogP contribution in [0.4, 0.5) is 0 Å². The van der Waals surface area contributed by atoms with Gasteiger partial charge >= 0.3 is 0 Å². The normalized spacial score (nSPS) is 11.2. The third-order valence-electron chi connectivity index (χ3n) is 3.45. The van der Waals surface area contributed by atoms with Gasteiger partial charge in [0.15, 0.2) is 5.82 Å². The van der Waals surface area contributed by atoms with Gasteiger partial charge in [-0.05, 0) is 29.7 Å². The van der Waals surface area contributed by atoms with Crippen LogP contribution in [0.5, 0.6) is 0 Å². The van der Waals surface area contributed by atoms with Crippen molar-refractivity contribution in [2.75, 3.05) is 0 Å². The first-order valence-corrected chi connectivity index (χ1v) is 8.99. The molecular weight excluding hydrogens is 383 g/mol. The molecular formula is C15H14Cl2N6OS. The summed E-state index contributed by atoms with van der Waals surface area (Å²) in [6.45, 7) is 3.90. The number of hydrogen-bond acceptors (Lipinski definition) is 6. The summed E-state index contributed by atoms with van der Waals surface area (Å²) in [4.78, 5) is 12.5. The Hall–Kier alpha value is -1.90. The van der Waals surface area contributed by atoms with Crippen LogP contribution >= 0.6 is 35.0 Å². The van der Waals surface area contributed by atoms with E-state index >= 15 is 0 Å². The van der Waals surface area contributed by atoms with Crippen molar-refractivity contribution in [2.45, 2.75) is 36.1 Å². The van der Waals surface area contributed by atoms with Gasteiger partial charge in [-0.15, -0.1) is 10.2 Å². The molecule has 0 fully saturated rings. The van der Waals surface area contributed by atoms with E-state index in [9.17, 15) is 4.79 Å². The molecule has 0 aliphatic carbocycles. The van der Waals surface area contributed by atoms with Crippen LogP contribution in [-0.4, -0.2) is 30.8 Å². The summed E-state index contributed by atoms with van der Waals surface area (Å²) in [6.07, 6.45) is 0.468. The minimum atomic E-state index is -0.188. The molecule has 0 aliphatic rings. The number of tetrazole rings is 1. The molecule has 3 rings (SSSR count). The fourth-order valence-electron chi connectivity index (χ4n) is 2.24. The number of rotatable bonds is 5. The Balaban J connectivity index is 1.88. The third-order valence-corrected chi connectivity index (χ3v) is 5.33. The van der Waals surface area contributed by atoms with Crippen molar-refractivity contribution >= 4 is 35.0 Å². The number of aromatic amines is 2. The number of nitrogens with one attached hydrogen (secondary N) is 2. The van der Waals surface area contributed by atoms with Gasteiger partial charge in [-0.1, -0.05) is 54.0 Å². The second kappa shape index (κ2) is 7.55. The molecule has 0 unspecified atom stereocenters. The lowest BCUT2D eigenvalue weighted by Crippen LogP contribution is -2.15. The van der Waals surface area contributed by atoms with E-state index < -0.39 is 0 Å². The molecule has 0 amide bonds. The molecule has 3 aromatic rings. The number of H-pyrrole nitrogens is 2. The van der Waals surface area contributed by atoms with Crippen LogP contribution in [0.2, 0.25) is 10.0 Å². The van der Waals surface area contributed by atoms with Gasteiger partial charge in [0.25, 0.3) is 5.56 Å². The molecule has 2 N–H and O–H groups in total. The average molecular weight is 397 g/mol. The number of hydrogen-bond donors (Lipinski definition) is 2. The topological polar surface area (TPSA) is 100 Å². The predicted molar refractivity (Wildman–Crippen MR) is 96.5 cm³/mol. The minimum Gasteiger partial charge on any atom is -0.268 e. The van der Waals surface area contributed by atoms with Crippen molar-refractivity contribution in [1.82, 2.24) is 30.8 Å². The molecule has 0 saturated carbocycles. The largest absolute Gasteiger partial charge is 0.268 e. The molecule has 25 heavy (non-hydrogen) atoms. The van der Waals surface area contributed by atoms with Gasteiger partial charge in [0.1, 0.15) is 5.03 Å². The summed E-state index contributed by atoms with van der Waals surface area (Å²) in [6, 6.07) is 5.37. The van der Waals surface area contributed by atoms with Crippen LogP contribution in [-0.2, 0) is 6.42 Å². The van der Waals surface area contributed by atoms with Gasteiger partial charge in [-0.3, -0.25) is 4.79 Å². The molecule has 0 spiro atoms. The Bertz CT molecular complexity index is 918. The predicted octanol–water partition coefficient (Wildman–Crippen LogP) is 3.46. The summed E-state index contributed by atoms with van der Waals surface area (Å²) in [7, 11) is 0. The van der Waals surface area contributed by atoms with Gasteiger partial charge in [-0.25, -0.2) is 5.10 Å². The second-order valence-electron chi connectivity index (χ2n) is 5.64. The molecule has 2 heterocycles. The summed E-state index contributed by atoms with van der Waals surface area (Å²) in [5, 5.41) is 21.9. The standard InChI is InChI=1S/C15H14Cl2N6OS/c1-7(2)9-6-13(20-21-15(9)24)25-14-10(16)3-8(4-11(14)17)5-12-18-22-23-19-12/h3-4,6-7H,5H2,1-2H3,(H,21,24)(H,18,19,22,23).